The molecule has 2 aromatic carbocycles. The molecule has 0 spiro atoms. The van der Waals surface area contributed by atoms with Crippen molar-refractivity contribution in [2.75, 3.05) is 11.9 Å². The second kappa shape index (κ2) is 8.90. The molecular formula is C22H21NO5. The molecule has 6 nitrogen and oxygen atoms in total. The number of hydrogen-bond donors (Lipinski definition) is 1. The summed E-state index contributed by atoms with van der Waals surface area (Å²) >= 11 is 0. The summed E-state index contributed by atoms with van der Waals surface area (Å²) < 4.78 is 16.1. The smallest absolute Gasteiger partial charge is 0.344 e. The van der Waals surface area contributed by atoms with E-state index in [9.17, 15) is 9.59 Å². The van der Waals surface area contributed by atoms with Gasteiger partial charge in [0.15, 0.2) is 12.4 Å². The number of hydrogen-bond acceptors (Lipinski definition) is 5. The predicted octanol–water partition coefficient (Wildman–Crippen LogP) is 4.53. The first kappa shape index (κ1) is 19.2. The minimum Gasteiger partial charge on any atom is -0.482 e. The Kier molecular flexibility index (Phi) is 6.11. The number of nitrogens with one attached hydrogen (secondary N) is 1. The van der Waals surface area contributed by atoms with Crippen LogP contribution in [-0.4, -0.2) is 24.6 Å². The third kappa shape index (κ3) is 5.23. The van der Waals surface area contributed by atoms with Crippen molar-refractivity contribution in [1.29, 1.82) is 0 Å². The molecule has 1 aromatic heterocycles. The third-order valence-electron chi connectivity index (χ3n) is 3.70. The van der Waals surface area contributed by atoms with Gasteiger partial charge in [0.2, 0.25) is 0 Å². The van der Waals surface area contributed by atoms with Gasteiger partial charge in [0.1, 0.15) is 11.5 Å². The zero-order valence-corrected chi connectivity index (χ0v) is 15.7. The summed E-state index contributed by atoms with van der Waals surface area (Å²) in [7, 11) is 0. The highest BCUT2D eigenvalue weighted by Crippen LogP contribution is 2.23. The van der Waals surface area contributed by atoms with E-state index in [0.29, 0.717) is 17.2 Å². The molecule has 0 atom stereocenters. The number of furan rings is 1. The fraction of sp³-hybridized carbons (Fsp3) is 0.182. The summed E-state index contributed by atoms with van der Waals surface area (Å²) in [6, 6.07) is 19.7. The van der Waals surface area contributed by atoms with E-state index < -0.39 is 5.97 Å². The Morgan fingerprint density at radius 1 is 1.00 bits per heavy atom. The average molecular weight is 379 g/mol. The number of esters is 1. The van der Waals surface area contributed by atoms with Gasteiger partial charge in [0, 0.05) is 17.3 Å². The van der Waals surface area contributed by atoms with E-state index in [4.69, 9.17) is 13.9 Å². The maximum atomic E-state index is 12.4. The molecule has 0 aliphatic heterocycles. The van der Waals surface area contributed by atoms with Gasteiger partial charge in [-0.15, -0.1) is 0 Å². The largest absolute Gasteiger partial charge is 0.482 e. The normalized spacial score (nSPS) is 10.5. The molecule has 0 aliphatic carbocycles. The highest BCUT2D eigenvalue weighted by atomic mass is 16.6. The average Bonchev–Trinajstić information content (AvgIpc) is 3.17. The minimum absolute atomic E-state index is 0.198. The Morgan fingerprint density at radius 3 is 2.54 bits per heavy atom. The SMILES string of the molecule is CC(C)OC(=O)COc1cccc(NC(=O)c2ccc(-c3ccccc3)o2)c1. The van der Waals surface area contributed by atoms with Crippen LogP contribution in [0.4, 0.5) is 5.69 Å². The molecule has 0 aliphatic rings. The van der Waals surface area contributed by atoms with Crippen LogP contribution in [0, 0.1) is 0 Å². The van der Waals surface area contributed by atoms with Gasteiger partial charge >= 0.3 is 5.97 Å². The van der Waals surface area contributed by atoms with Crippen LogP contribution >= 0.6 is 0 Å². The minimum atomic E-state index is -0.450. The van der Waals surface area contributed by atoms with E-state index in [0.717, 1.165) is 5.56 Å². The van der Waals surface area contributed by atoms with Crippen molar-refractivity contribution in [3.05, 3.63) is 72.5 Å². The molecule has 144 valence electrons. The molecule has 0 saturated heterocycles. The fourth-order valence-corrected chi connectivity index (χ4v) is 2.51. The van der Waals surface area contributed by atoms with Gasteiger partial charge < -0.3 is 19.2 Å². The van der Waals surface area contributed by atoms with Gasteiger partial charge in [-0.25, -0.2) is 4.79 Å². The summed E-state index contributed by atoms with van der Waals surface area (Å²) in [6.45, 7) is 3.34. The molecular weight excluding hydrogens is 358 g/mol. The Bertz CT molecular complexity index is 946. The number of amides is 1. The molecule has 0 saturated carbocycles. The fourth-order valence-electron chi connectivity index (χ4n) is 2.51. The highest BCUT2D eigenvalue weighted by molar-refractivity contribution is 6.02. The molecule has 1 heterocycles. The second-order valence-electron chi connectivity index (χ2n) is 6.34. The summed E-state index contributed by atoms with van der Waals surface area (Å²) in [5.41, 5.74) is 1.42. The first-order valence-corrected chi connectivity index (χ1v) is 8.90. The monoisotopic (exact) mass is 379 g/mol. The lowest BCUT2D eigenvalue weighted by atomic mass is 10.2. The van der Waals surface area contributed by atoms with Crippen LogP contribution in [0.3, 0.4) is 0 Å². The maximum absolute atomic E-state index is 12.4. The number of ether oxygens (including phenoxy) is 2. The zero-order chi connectivity index (χ0) is 19.9. The van der Waals surface area contributed by atoms with Crippen molar-refractivity contribution in [3.8, 4) is 17.1 Å². The van der Waals surface area contributed by atoms with Crippen molar-refractivity contribution in [1.82, 2.24) is 0 Å². The number of rotatable bonds is 7. The van der Waals surface area contributed by atoms with E-state index in [1.165, 1.54) is 0 Å². The van der Waals surface area contributed by atoms with Crippen LogP contribution in [0.25, 0.3) is 11.3 Å². The molecule has 3 rings (SSSR count). The van der Waals surface area contributed by atoms with Crippen LogP contribution < -0.4 is 10.1 Å². The first-order chi connectivity index (χ1) is 13.5. The van der Waals surface area contributed by atoms with Gasteiger partial charge in [-0.1, -0.05) is 36.4 Å². The number of benzene rings is 2. The molecule has 0 radical (unpaired) electrons. The number of carbonyl (C=O) groups excluding carboxylic acids is 2. The third-order valence-corrected chi connectivity index (χ3v) is 3.70. The first-order valence-electron chi connectivity index (χ1n) is 8.90. The lowest BCUT2D eigenvalue weighted by molar-refractivity contribution is -0.149. The highest BCUT2D eigenvalue weighted by Gasteiger charge is 2.13. The summed E-state index contributed by atoms with van der Waals surface area (Å²) in [5, 5.41) is 2.75. The Labute approximate surface area is 163 Å². The van der Waals surface area contributed by atoms with Crippen molar-refractivity contribution in [2.24, 2.45) is 0 Å². The Hall–Kier alpha value is -3.54. The maximum Gasteiger partial charge on any atom is 0.344 e. The van der Waals surface area contributed by atoms with E-state index in [1.54, 1.807) is 50.2 Å². The van der Waals surface area contributed by atoms with E-state index >= 15 is 0 Å². The molecule has 1 N–H and O–H groups in total. The van der Waals surface area contributed by atoms with Crippen molar-refractivity contribution >= 4 is 17.6 Å². The molecule has 0 fully saturated rings. The quantitative estimate of drug-likeness (QED) is 0.610. The van der Waals surface area contributed by atoms with Crippen molar-refractivity contribution in [2.45, 2.75) is 20.0 Å². The van der Waals surface area contributed by atoms with Crippen LogP contribution in [-0.2, 0) is 9.53 Å². The van der Waals surface area contributed by atoms with Crippen molar-refractivity contribution < 1.29 is 23.5 Å². The molecule has 6 heteroatoms. The topological polar surface area (TPSA) is 77.8 Å². The lowest BCUT2D eigenvalue weighted by Gasteiger charge is -2.10. The Balaban J connectivity index is 1.62. The predicted molar refractivity (Wildman–Crippen MR) is 105 cm³/mol. The Morgan fingerprint density at radius 2 is 1.79 bits per heavy atom. The zero-order valence-electron chi connectivity index (χ0n) is 15.7. The van der Waals surface area contributed by atoms with Crippen LogP contribution in [0.5, 0.6) is 5.75 Å². The summed E-state index contributed by atoms with van der Waals surface area (Å²) in [6.07, 6.45) is -0.198. The summed E-state index contributed by atoms with van der Waals surface area (Å²) in [5.74, 6) is 0.437. The van der Waals surface area contributed by atoms with Gasteiger partial charge in [0.05, 0.1) is 6.10 Å². The van der Waals surface area contributed by atoms with Gasteiger partial charge in [-0.05, 0) is 38.1 Å². The van der Waals surface area contributed by atoms with Crippen LogP contribution in [0.15, 0.2) is 71.1 Å². The van der Waals surface area contributed by atoms with Gasteiger partial charge in [-0.3, -0.25) is 4.79 Å². The molecule has 0 bridgehead atoms. The molecule has 3 aromatic rings. The standard InChI is InChI=1S/C22H21NO5/c1-15(2)27-21(24)14-26-18-10-6-9-17(13-18)23-22(25)20-12-11-19(28-20)16-7-4-3-5-8-16/h3-13,15H,14H2,1-2H3,(H,23,25). The van der Waals surface area contributed by atoms with E-state index in [2.05, 4.69) is 5.32 Å². The van der Waals surface area contributed by atoms with Crippen LogP contribution in [0.1, 0.15) is 24.4 Å². The van der Waals surface area contributed by atoms with Gasteiger partial charge in [-0.2, -0.15) is 0 Å². The molecule has 28 heavy (non-hydrogen) atoms. The molecule has 1 amide bonds. The van der Waals surface area contributed by atoms with Crippen LogP contribution in [0.2, 0.25) is 0 Å². The second-order valence-corrected chi connectivity index (χ2v) is 6.34. The summed E-state index contributed by atoms with van der Waals surface area (Å²) in [4.78, 5) is 24.0. The van der Waals surface area contributed by atoms with E-state index in [-0.39, 0.29) is 24.4 Å². The van der Waals surface area contributed by atoms with E-state index in [1.807, 2.05) is 30.3 Å². The van der Waals surface area contributed by atoms with Crippen molar-refractivity contribution in [3.63, 3.8) is 0 Å². The molecule has 0 unspecified atom stereocenters. The van der Waals surface area contributed by atoms with Gasteiger partial charge in [0.25, 0.3) is 5.91 Å². The number of anilines is 1. The lowest BCUT2D eigenvalue weighted by Crippen LogP contribution is -2.18. The number of carbonyl (C=O) groups is 2.